The van der Waals surface area contributed by atoms with Gasteiger partial charge in [-0.2, -0.15) is 4.57 Å². The molecule has 10 heavy (non-hydrogen) atoms. The highest BCUT2D eigenvalue weighted by Gasteiger charge is 2.10. The van der Waals surface area contributed by atoms with Crippen LogP contribution >= 0.6 is 0 Å². The molecule has 0 atom stereocenters. The van der Waals surface area contributed by atoms with Crippen LogP contribution in [0.15, 0.2) is 24.0 Å². The van der Waals surface area contributed by atoms with Crippen molar-refractivity contribution in [1.82, 2.24) is 0 Å². The Morgan fingerprint density at radius 3 is 2.60 bits per heavy atom. The fourth-order valence-electron chi connectivity index (χ4n) is 0.824. The minimum absolute atomic E-state index is 0.762. The van der Waals surface area contributed by atoms with Crippen LogP contribution < -0.4 is 4.57 Å². The van der Waals surface area contributed by atoms with E-state index in [0.29, 0.717) is 0 Å². The van der Waals surface area contributed by atoms with E-state index in [-0.39, 0.29) is 0 Å². The molecule has 0 aliphatic rings. The molecule has 0 unspecified atom stereocenters. The van der Waals surface area contributed by atoms with Gasteiger partial charge in [-0.3, -0.25) is 0 Å². The van der Waals surface area contributed by atoms with Gasteiger partial charge in [0.05, 0.1) is 0 Å². The average molecular weight is 136 g/mol. The minimum atomic E-state index is 0.762. The van der Waals surface area contributed by atoms with Crippen LogP contribution in [0.1, 0.15) is 11.5 Å². The smallest absolute Gasteiger partial charge is 0.335 e. The second-order valence-corrected chi connectivity index (χ2v) is 1.99. The average Bonchev–Trinajstić information content (AvgIpc) is 2.30. The monoisotopic (exact) mass is 136 g/mol. The second-order valence-electron chi connectivity index (χ2n) is 1.99. The molecule has 1 aromatic heterocycles. The molecule has 0 aromatic carbocycles. The molecule has 0 aliphatic heterocycles. The van der Waals surface area contributed by atoms with Crippen molar-refractivity contribution in [3.8, 4) is 0 Å². The maximum absolute atomic E-state index is 5.11. The van der Waals surface area contributed by atoms with E-state index in [0.717, 1.165) is 11.5 Å². The molecule has 0 saturated heterocycles. The molecular formula is C8H10NO+. The first kappa shape index (κ1) is 6.81. The summed E-state index contributed by atoms with van der Waals surface area (Å²) >= 11 is 0. The lowest BCUT2D eigenvalue weighted by atomic mass is 10.3. The van der Waals surface area contributed by atoms with E-state index in [1.807, 2.05) is 11.6 Å². The Hall–Kier alpha value is -1.31. The van der Waals surface area contributed by atoms with Crippen LogP contribution in [0.5, 0.6) is 0 Å². The van der Waals surface area contributed by atoms with Crippen LogP contribution in [0.4, 0.5) is 0 Å². The third-order valence-corrected chi connectivity index (χ3v) is 1.35. The predicted octanol–water partition coefficient (Wildman–Crippen LogP) is 1.39. The van der Waals surface area contributed by atoms with Crippen molar-refractivity contribution in [2.45, 2.75) is 0 Å². The Bertz CT molecular complexity index is 260. The van der Waals surface area contributed by atoms with Gasteiger partial charge in [0.1, 0.15) is 7.05 Å². The van der Waals surface area contributed by atoms with Crippen molar-refractivity contribution in [2.75, 3.05) is 0 Å². The Kier molecular flexibility index (Phi) is 1.71. The van der Waals surface area contributed by atoms with Crippen LogP contribution in [0.25, 0.3) is 12.2 Å². The van der Waals surface area contributed by atoms with Crippen molar-refractivity contribution in [3.05, 3.63) is 31.0 Å². The highest BCUT2D eigenvalue weighted by Crippen LogP contribution is 2.05. The van der Waals surface area contributed by atoms with Gasteiger partial charge in [0.15, 0.2) is 0 Å². The molecule has 0 N–H and O–H groups in total. The predicted molar refractivity (Wildman–Crippen MR) is 40.1 cm³/mol. The molecule has 2 nitrogen and oxygen atoms in total. The lowest BCUT2D eigenvalue weighted by Crippen LogP contribution is -2.27. The highest BCUT2D eigenvalue weighted by atomic mass is 16.3. The van der Waals surface area contributed by atoms with Crippen molar-refractivity contribution >= 4 is 12.2 Å². The van der Waals surface area contributed by atoms with Crippen LogP contribution in [0.3, 0.4) is 0 Å². The van der Waals surface area contributed by atoms with E-state index in [1.165, 1.54) is 0 Å². The van der Waals surface area contributed by atoms with Gasteiger partial charge in [-0.15, -0.1) is 0 Å². The summed E-state index contributed by atoms with van der Waals surface area (Å²) in [6, 6.07) is 0. The van der Waals surface area contributed by atoms with Gasteiger partial charge in [0.2, 0.25) is 11.5 Å². The maximum Gasteiger partial charge on any atom is 0.335 e. The summed E-state index contributed by atoms with van der Waals surface area (Å²) in [5, 5.41) is 0. The van der Waals surface area contributed by atoms with E-state index in [9.17, 15) is 0 Å². The molecule has 1 aromatic rings. The third-order valence-electron chi connectivity index (χ3n) is 1.35. The van der Waals surface area contributed by atoms with Crippen LogP contribution in [-0.4, -0.2) is 0 Å². The molecular weight excluding hydrogens is 126 g/mol. The number of aromatic nitrogens is 1. The number of hydrogen-bond acceptors (Lipinski definition) is 1. The van der Waals surface area contributed by atoms with Gasteiger partial charge in [-0.1, -0.05) is 13.2 Å². The fraction of sp³-hybridized carbons (Fsp3) is 0.125. The van der Waals surface area contributed by atoms with Crippen LogP contribution in [0, 0.1) is 0 Å². The normalized spacial score (nSPS) is 9.30. The number of oxazole rings is 1. The summed E-state index contributed by atoms with van der Waals surface area (Å²) in [4.78, 5) is 0. The van der Waals surface area contributed by atoms with Crippen molar-refractivity contribution in [3.63, 3.8) is 0 Å². The molecule has 0 spiro atoms. The topological polar surface area (TPSA) is 17.0 Å². The van der Waals surface area contributed by atoms with Gasteiger partial charge < -0.3 is 4.42 Å². The van der Waals surface area contributed by atoms with Gasteiger partial charge in [0, 0.05) is 6.08 Å². The zero-order valence-corrected chi connectivity index (χ0v) is 6.00. The fourth-order valence-corrected chi connectivity index (χ4v) is 0.824. The lowest BCUT2D eigenvalue weighted by Gasteiger charge is -1.80. The van der Waals surface area contributed by atoms with E-state index < -0.39 is 0 Å². The van der Waals surface area contributed by atoms with Gasteiger partial charge in [0.25, 0.3) is 0 Å². The molecule has 0 saturated carbocycles. The molecule has 2 heteroatoms. The maximum atomic E-state index is 5.11. The molecule has 52 valence electrons. The highest BCUT2D eigenvalue weighted by molar-refractivity contribution is 5.52. The molecule has 0 amide bonds. The number of aryl methyl sites for hydroxylation is 1. The van der Waals surface area contributed by atoms with E-state index in [1.54, 1.807) is 18.5 Å². The summed E-state index contributed by atoms with van der Waals surface area (Å²) < 4.78 is 6.96. The van der Waals surface area contributed by atoms with Crippen LogP contribution in [-0.2, 0) is 7.05 Å². The van der Waals surface area contributed by atoms with Crippen molar-refractivity contribution in [1.29, 1.82) is 0 Å². The zero-order valence-electron chi connectivity index (χ0n) is 6.00. The van der Waals surface area contributed by atoms with Gasteiger partial charge in [-0.05, 0) is 6.08 Å². The van der Waals surface area contributed by atoms with Crippen LogP contribution in [0.2, 0.25) is 0 Å². The summed E-state index contributed by atoms with van der Waals surface area (Å²) in [6.45, 7) is 7.24. The summed E-state index contributed by atoms with van der Waals surface area (Å²) in [5.74, 6) is 0.762. The first-order chi connectivity index (χ1) is 4.79. The van der Waals surface area contributed by atoms with E-state index >= 15 is 0 Å². The van der Waals surface area contributed by atoms with Gasteiger partial charge in [-0.25, -0.2) is 0 Å². The molecule has 1 rings (SSSR count). The van der Waals surface area contributed by atoms with E-state index in [2.05, 4.69) is 13.2 Å². The van der Waals surface area contributed by atoms with Crippen molar-refractivity contribution in [2.24, 2.45) is 7.05 Å². The second kappa shape index (κ2) is 2.52. The summed E-state index contributed by atoms with van der Waals surface area (Å²) in [5.41, 5.74) is 0.954. The Morgan fingerprint density at radius 2 is 2.20 bits per heavy atom. The summed E-state index contributed by atoms with van der Waals surface area (Å²) in [6.07, 6.45) is 5.02. The Labute approximate surface area is 60.1 Å². The first-order valence-corrected chi connectivity index (χ1v) is 3.01. The molecule has 1 heterocycles. The molecule has 0 aliphatic carbocycles. The standard InChI is InChI=1S/C8H10NO/c1-4-7-8(5-2)10-6-9(7)3/h4-6H,1-2H2,3H3/q+1. The minimum Gasteiger partial charge on any atom is -0.404 e. The van der Waals surface area contributed by atoms with Crippen molar-refractivity contribution < 1.29 is 8.98 Å². The molecule has 0 bridgehead atoms. The third kappa shape index (κ3) is 0.880. The van der Waals surface area contributed by atoms with E-state index in [4.69, 9.17) is 4.42 Å². The number of hydrogen-bond donors (Lipinski definition) is 0. The lowest BCUT2D eigenvalue weighted by molar-refractivity contribution is -0.676. The first-order valence-electron chi connectivity index (χ1n) is 3.01. The number of nitrogens with zero attached hydrogens (tertiary/aromatic N) is 1. The Balaban J connectivity index is 3.25. The number of rotatable bonds is 2. The summed E-state index contributed by atoms with van der Waals surface area (Å²) in [7, 11) is 1.90. The molecule has 0 fully saturated rings. The zero-order chi connectivity index (χ0) is 7.56. The largest absolute Gasteiger partial charge is 0.404 e. The Morgan fingerprint density at radius 1 is 1.50 bits per heavy atom. The van der Waals surface area contributed by atoms with Gasteiger partial charge >= 0.3 is 6.39 Å². The quantitative estimate of drug-likeness (QED) is 0.561. The SMILES string of the molecule is C=Cc1oc[n+](C)c1C=C. The molecule has 0 radical (unpaired) electrons.